The summed E-state index contributed by atoms with van der Waals surface area (Å²) in [7, 11) is 0. The Morgan fingerprint density at radius 3 is 2.38 bits per heavy atom. The van der Waals surface area contributed by atoms with Crippen LogP contribution in [0.5, 0.6) is 0 Å². The number of nitrogens with one attached hydrogen (secondary N) is 2. The fourth-order valence-electron chi connectivity index (χ4n) is 4.07. The molecule has 0 saturated heterocycles. The largest absolute Gasteiger partial charge is 0.356 e. The summed E-state index contributed by atoms with van der Waals surface area (Å²) in [5.41, 5.74) is 15.2. The molecule has 3 rings (SSSR count). The van der Waals surface area contributed by atoms with Gasteiger partial charge in [0.1, 0.15) is 11.6 Å². The predicted molar refractivity (Wildman–Crippen MR) is 148 cm³/mol. The topological polar surface area (TPSA) is 123 Å². The van der Waals surface area contributed by atoms with Crippen LogP contribution in [0.15, 0.2) is 67.0 Å². The lowest BCUT2D eigenvalue weighted by Gasteiger charge is -2.27. The van der Waals surface area contributed by atoms with Gasteiger partial charge in [-0.25, -0.2) is 8.78 Å². The van der Waals surface area contributed by atoms with E-state index in [1.807, 2.05) is 50.2 Å². The maximum atomic E-state index is 13.7. The number of hydrogen-bond donors (Lipinski definition) is 4. The quantitative estimate of drug-likeness (QED) is 0.266. The van der Waals surface area contributed by atoms with Gasteiger partial charge < -0.3 is 22.1 Å². The number of benzene rings is 2. The van der Waals surface area contributed by atoms with Gasteiger partial charge in [0, 0.05) is 37.9 Å². The number of aromatic nitrogens is 1. The third-order valence-electron chi connectivity index (χ3n) is 6.55. The standard InChI is InChI=1S/C30H37F2N5O2/c1-30(2,18-36-27(38)7-3-5-22-16-24(31)12-13-25(22)32)19-37-29(39)28(34)26(33)15-20-8-10-21(11-9-20)23-6-4-14-35-17-23/h4,6,8-14,16-17,26,28H,3,5,7,15,18-19,33-34H2,1-2H3,(H,36,38)(H,37,39). The van der Waals surface area contributed by atoms with Gasteiger partial charge in [-0.05, 0) is 71.2 Å². The molecule has 1 aromatic heterocycles. The first kappa shape index (κ1) is 29.9. The van der Waals surface area contributed by atoms with Crippen LogP contribution in [0, 0.1) is 17.0 Å². The smallest absolute Gasteiger partial charge is 0.238 e. The van der Waals surface area contributed by atoms with E-state index in [4.69, 9.17) is 11.5 Å². The van der Waals surface area contributed by atoms with Gasteiger partial charge in [0.25, 0.3) is 0 Å². The molecule has 2 unspecified atom stereocenters. The van der Waals surface area contributed by atoms with Gasteiger partial charge in [0.15, 0.2) is 0 Å². The number of aryl methyl sites for hydroxylation is 1. The second-order valence-electron chi connectivity index (χ2n) is 10.6. The van der Waals surface area contributed by atoms with Crippen LogP contribution in [0.3, 0.4) is 0 Å². The molecule has 2 aromatic carbocycles. The van der Waals surface area contributed by atoms with E-state index in [1.54, 1.807) is 12.4 Å². The van der Waals surface area contributed by atoms with Crippen molar-refractivity contribution >= 4 is 11.8 Å². The summed E-state index contributed by atoms with van der Waals surface area (Å²) in [6.45, 7) is 4.43. The molecule has 3 aromatic rings. The van der Waals surface area contributed by atoms with Gasteiger partial charge >= 0.3 is 0 Å². The van der Waals surface area contributed by atoms with Crippen LogP contribution in [0.25, 0.3) is 11.1 Å². The zero-order valence-corrected chi connectivity index (χ0v) is 22.4. The van der Waals surface area contributed by atoms with Crippen molar-refractivity contribution < 1.29 is 18.4 Å². The average Bonchev–Trinajstić information content (AvgIpc) is 2.93. The highest BCUT2D eigenvalue weighted by Gasteiger charge is 2.25. The first-order valence-electron chi connectivity index (χ1n) is 13.0. The number of carbonyl (C=O) groups is 2. The summed E-state index contributed by atoms with van der Waals surface area (Å²) in [6, 6.07) is 13.6. The van der Waals surface area contributed by atoms with Crippen LogP contribution in [-0.4, -0.2) is 42.0 Å². The monoisotopic (exact) mass is 537 g/mol. The van der Waals surface area contributed by atoms with Gasteiger partial charge in [0.2, 0.25) is 11.8 Å². The third-order valence-corrected chi connectivity index (χ3v) is 6.55. The molecule has 0 aliphatic rings. The average molecular weight is 538 g/mol. The van der Waals surface area contributed by atoms with Crippen molar-refractivity contribution in [2.24, 2.45) is 16.9 Å². The molecular formula is C30H37F2N5O2. The molecule has 1 heterocycles. The second kappa shape index (κ2) is 13.9. The summed E-state index contributed by atoms with van der Waals surface area (Å²) in [5.74, 6) is -1.54. The lowest BCUT2D eigenvalue weighted by molar-refractivity contribution is -0.123. The van der Waals surface area contributed by atoms with Crippen LogP contribution >= 0.6 is 0 Å². The molecule has 0 radical (unpaired) electrons. The van der Waals surface area contributed by atoms with Crippen molar-refractivity contribution in [1.29, 1.82) is 0 Å². The number of carbonyl (C=O) groups excluding carboxylic acids is 2. The summed E-state index contributed by atoms with van der Waals surface area (Å²) in [5, 5.41) is 5.68. The van der Waals surface area contributed by atoms with Crippen LogP contribution < -0.4 is 22.1 Å². The van der Waals surface area contributed by atoms with E-state index in [-0.39, 0.29) is 30.2 Å². The van der Waals surface area contributed by atoms with E-state index in [9.17, 15) is 18.4 Å². The fourth-order valence-corrected chi connectivity index (χ4v) is 4.07. The third kappa shape index (κ3) is 9.53. The van der Waals surface area contributed by atoms with E-state index < -0.39 is 29.1 Å². The molecule has 6 N–H and O–H groups in total. The number of rotatable bonds is 13. The first-order valence-corrected chi connectivity index (χ1v) is 13.0. The molecule has 208 valence electrons. The van der Waals surface area contributed by atoms with Crippen LogP contribution in [0.1, 0.15) is 37.8 Å². The van der Waals surface area contributed by atoms with E-state index in [0.717, 1.165) is 34.9 Å². The Morgan fingerprint density at radius 1 is 0.974 bits per heavy atom. The predicted octanol–water partition coefficient (Wildman–Crippen LogP) is 3.51. The van der Waals surface area contributed by atoms with Crippen molar-refractivity contribution in [3.63, 3.8) is 0 Å². The molecule has 2 atom stereocenters. The fraction of sp³-hybridized carbons (Fsp3) is 0.367. The van der Waals surface area contributed by atoms with Crippen molar-refractivity contribution in [2.45, 2.75) is 51.6 Å². The Hall–Kier alpha value is -3.69. The Bertz CT molecular complexity index is 1240. The Morgan fingerprint density at radius 2 is 1.69 bits per heavy atom. The van der Waals surface area contributed by atoms with Gasteiger partial charge in [-0.15, -0.1) is 0 Å². The minimum atomic E-state index is -0.892. The number of hydrogen-bond acceptors (Lipinski definition) is 5. The highest BCUT2D eigenvalue weighted by atomic mass is 19.1. The zero-order chi connectivity index (χ0) is 28.4. The number of nitrogens with two attached hydrogens (primary N) is 2. The molecule has 9 heteroatoms. The molecule has 0 saturated carbocycles. The molecule has 0 aliphatic carbocycles. The molecule has 0 fully saturated rings. The summed E-state index contributed by atoms with van der Waals surface area (Å²) >= 11 is 0. The van der Waals surface area contributed by atoms with E-state index in [1.165, 1.54) is 0 Å². The lowest BCUT2D eigenvalue weighted by atomic mass is 9.92. The van der Waals surface area contributed by atoms with E-state index >= 15 is 0 Å². The molecule has 39 heavy (non-hydrogen) atoms. The maximum absolute atomic E-state index is 13.7. The minimum Gasteiger partial charge on any atom is -0.356 e. The Kier molecular flexibility index (Phi) is 10.7. The molecule has 2 amide bonds. The molecule has 7 nitrogen and oxygen atoms in total. The summed E-state index contributed by atoms with van der Waals surface area (Å²) in [4.78, 5) is 29.0. The van der Waals surface area contributed by atoms with Gasteiger partial charge in [0.05, 0.1) is 6.04 Å². The highest BCUT2D eigenvalue weighted by Crippen LogP contribution is 2.19. The minimum absolute atomic E-state index is 0.182. The van der Waals surface area contributed by atoms with Gasteiger partial charge in [-0.1, -0.05) is 44.2 Å². The Balaban J connectivity index is 1.38. The first-order chi connectivity index (χ1) is 18.5. The van der Waals surface area contributed by atoms with Crippen LogP contribution in [-0.2, 0) is 22.4 Å². The highest BCUT2D eigenvalue weighted by molar-refractivity contribution is 5.82. The maximum Gasteiger partial charge on any atom is 0.238 e. The van der Waals surface area contributed by atoms with Crippen molar-refractivity contribution in [2.75, 3.05) is 13.1 Å². The number of nitrogens with zero attached hydrogens (tertiary/aromatic N) is 1. The molecule has 0 bridgehead atoms. The number of amides is 2. The van der Waals surface area contributed by atoms with E-state index in [0.29, 0.717) is 25.9 Å². The van der Waals surface area contributed by atoms with Crippen LogP contribution in [0.2, 0.25) is 0 Å². The molecule has 0 spiro atoms. The van der Waals surface area contributed by atoms with Crippen molar-refractivity contribution in [3.8, 4) is 11.1 Å². The second-order valence-corrected chi connectivity index (χ2v) is 10.6. The SMILES string of the molecule is CC(C)(CNC(=O)CCCc1cc(F)ccc1F)CNC(=O)C(N)C(N)Cc1ccc(-c2cccnc2)cc1. The molecular weight excluding hydrogens is 500 g/mol. The van der Waals surface area contributed by atoms with Gasteiger partial charge in [-0.3, -0.25) is 14.6 Å². The van der Waals surface area contributed by atoms with Crippen molar-refractivity contribution in [1.82, 2.24) is 15.6 Å². The normalized spacial score (nSPS) is 13.0. The van der Waals surface area contributed by atoms with Gasteiger partial charge in [-0.2, -0.15) is 0 Å². The van der Waals surface area contributed by atoms with E-state index in [2.05, 4.69) is 15.6 Å². The molecule has 0 aliphatic heterocycles. The number of halogens is 2. The number of pyridine rings is 1. The summed E-state index contributed by atoms with van der Waals surface area (Å²) < 4.78 is 27.0. The zero-order valence-electron chi connectivity index (χ0n) is 22.4. The van der Waals surface area contributed by atoms with Crippen molar-refractivity contribution in [3.05, 3.63) is 89.8 Å². The lowest BCUT2D eigenvalue weighted by Crippen LogP contribution is -2.54. The summed E-state index contributed by atoms with van der Waals surface area (Å²) in [6.07, 6.45) is 4.81. The van der Waals surface area contributed by atoms with Crippen LogP contribution in [0.4, 0.5) is 8.78 Å². The Labute approximate surface area is 228 Å².